The lowest BCUT2D eigenvalue weighted by Gasteiger charge is -2.29. The minimum Gasteiger partial charge on any atom is -0.481 e. The second-order valence-corrected chi connectivity index (χ2v) is 6.63. The number of amides is 2. The summed E-state index contributed by atoms with van der Waals surface area (Å²) in [5.41, 5.74) is 1.07. The third-order valence-corrected chi connectivity index (χ3v) is 4.50. The fourth-order valence-electron chi connectivity index (χ4n) is 3.11. The predicted octanol–water partition coefficient (Wildman–Crippen LogP) is 2.72. The van der Waals surface area contributed by atoms with Gasteiger partial charge >= 0.3 is 12.0 Å². The van der Waals surface area contributed by atoms with E-state index in [0.717, 1.165) is 31.4 Å². The predicted molar refractivity (Wildman–Crippen MR) is 95.5 cm³/mol. The van der Waals surface area contributed by atoms with E-state index in [1.807, 2.05) is 37.3 Å². The first-order valence-electron chi connectivity index (χ1n) is 8.99. The van der Waals surface area contributed by atoms with Gasteiger partial charge in [0.1, 0.15) is 0 Å². The van der Waals surface area contributed by atoms with Crippen molar-refractivity contribution in [3.8, 4) is 0 Å². The molecule has 3 N–H and O–H groups in total. The van der Waals surface area contributed by atoms with Crippen LogP contribution in [0.15, 0.2) is 30.3 Å². The van der Waals surface area contributed by atoms with Crippen molar-refractivity contribution in [2.24, 2.45) is 0 Å². The SMILES string of the molecule is CC(NC(=O)NC(CCC(=O)O)Cc1ccccc1)C1CCCCO1. The van der Waals surface area contributed by atoms with Gasteiger partial charge in [-0.25, -0.2) is 4.79 Å². The Kier molecular flexibility index (Phi) is 7.73. The van der Waals surface area contributed by atoms with Crippen molar-refractivity contribution in [1.82, 2.24) is 10.6 Å². The number of aliphatic carboxylic acids is 1. The van der Waals surface area contributed by atoms with E-state index >= 15 is 0 Å². The Morgan fingerprint density at radius 3 is 2.64 bits per heavy atom. The molecule has 0 bridgehead atoms. The average molecular weight is 348 g/mol. The molecule has 2 amide bonds. The van der Waals surface area contributed by atoms with Crippen molar-refractivity contribution in [1.29, 1.82) is 0 Å². The molecule has 0 spiro atoms. The molecule has 6 nitrogen and oxygen atoms in total. The molecule has 0 aromatic heterocycles. The van der Waals surface area contributed by atoms with Gasteiger partial charge < -0.3 is 20.5 Å². The van der Waals surface area contributed by atoms with E-state index in [-0.39, 0.29) is 30.6 Å². The van der Waals surface area contributed by atoms with E-state index in [4.69, 9.17) is 9.84 Å². The van der Waals surface area contributed by atoms with E-state index in [9.17, 15) is 9.59 Å². The number of carbonyl (C=O) groups is 2. The lowest BCUT2D eigenvalue weighted by atomic mass is 10.0. The molecule has 0 radical (unpaired) electrons. The summed E-state index contributed by atoms with van der Waals surface area (Å²) in [6, 6.07) is 9.20. The molecule has 1 aromatic rings. The number of hydrogen-bond acceptors (Lipinski definition) is 3. The van der Waals surface area contributed by atoms with Crippen LogP contribution in [0.1, 0.15) is 44.6 Å². The van der Waals surface area contributed by atoms with Gasteiger partial charge in [0.05, 0.1) is 12.1 Å². The lowest BCUT2D eigenvalue weighted by Crippen LogP contribution is -2.50. The van der Waals surface area contributed by atoms with Gasteiger partial charge in [0.2, 0.25) is 0 Å². The number of rotatable bonds is 8. The van der Waals surface area contributed by atoms with Crippen molar-refractivity contribution < 1.29 is 19.4 Å². The molecule has 1 heterocycles. The normalized spacial score (nSPS) is 19.6. The molecule has 1 aromatic carbocycles. The van der Waals surface area contributed by atoms with E-state index in [0.29, 0.717) is 12.8 Å². The molecule has 1 saturated heterocycles. The Balaban J connectivity index is 1.87. The molecule has 3 unspecified atom stereocenters. The van der Waals surface area contributed by atoms with Crippen LogP contribution < -0.4 is 10.6 Å². The summed E-state index contributed by atoms with van der Waals surface area (Å²) in [4.78, 5) is 23.2. The van der Waals surface area contributed by atoms with Crippen LogP contribution in [-0.4, -0.2) is 41.9 Å². The first-order chi connectivity index (χ1) is 12.0. The molecular formula is C19H28N2O4. The molecular weight excluding hydrogens is 320 g/mol. The zero-order valence-electron chi connectivity index (χ0n) is 14.7. The van der Waals surface area contributed by atoms with Gasteiger partial charge in [0.15, 0.2) is 0 Å². The summed E-state index contributed by atoms with van der Waals surface area (Å²) in [5.74, 6) is -0.857. The Morgan fingerprint density at radius 1 is 1.24 bits per heavy atom. The lowest BCUT2D eigenvalue weighted by molar-refractivity contribution is -0.137. The molecule has 138 valence electrons. The highest BCUT2D eigenvalue weighted by Gasteiger charge is 2.23. The number of carboxylic acids is 1. The second kappa shape index (κ2) is 10.0. The Hall–Kier alpha value is -2.08. The first-order valence-corrected chi connectivity index (χ1v) is 8.99. The molecule has 0 saturated carbocycles. The summed E-state index contributed by atoms with van der Waals surface area (Å²) >= 11 is 0. The van der Waals surface area contributed by atoms with Gasteiger partial charge in [-0.2, -0.15) is 0 Å². The van der Waals surface area contributed by atoms with Crippen LogP contribution in [-0.2, 0) is 16.0 Å². The highest BCUT2D eigenvalue weighted by Crippen LogP contribution is 2.15. The van der Waals surface area contributed by atoms with Gasteiger partial charge in [0.25, 0.3) is 0 Å². The number of nitrogens with one attached hydrogen (secondary N) is 2. The smallest absolute Gasteiger partial charge is 0.315 e. The maximum Gasteiger partial charge on any atom is 0.315 e. The minimum atomic E-state index is -0.857. The first kappa shape index (κ1) is 19.2. The van der Waals surface area contributed by atoms with Crippen molar-refractivity contribution in [3.05, 3.63) is 35.9 Å². The van der Waals surface area contributed by atoms with Gasteiger partial charge in [0, 0.05) is 19.1 Å². The third kappa shape index (κ3) is 7.13. The highest BCUT2D eigenvalue weighted by atomic mass is 16.5. The molecule has 1 fully saturated rings. The van der Waals surface area contributed by atoms with E-state index in [2.05, 4.69) is 10.6 Å². The van der Waals surface area contributed by atoms with Gasteiger partial charge in [-0.3, -0.25) is 4.79 Å². The molecule has 1 aliphatic heterocycles. The van der Waals surface area contributed by atoms with Gasteiger partial charge in [-0.1, -0.05) is 30.3 Å². The Labute approximate surface area is 149 Å². The summed E-state index contributed by atoms with van der Waals surface area (Å²) < 4.78 is 5.70. The van der Waals surface area contributed by atoms with E-state index in [1.165, 1.54) is 0 Å². The number of ether oxygens (including phenoxy) is 1. The maximum atomic E-state index is 12.3. The number of carboxylic acid groups (broad SMARTS) is 1. The zero-order valence-corrected chi connectivity index (χ0v) is 14.7. The number of hydrogen-bond donors (Lipinski definition) is 3. The van der Waals surface area contributed by atoms with Crippen LogP contribution in [0.3, 0.4) is 0 Å². The van der Waals surface area contributed by atoms with E-state index in [1.54, 1.807) is 0 Å². The summed E-state index contributed by atoms with van der Waals surface area (Å²) in [7, 11) is 0. The van der Waals surface area contributed by atoms with Crippen LogP contribution >= 0.6 is 0 Å². The number of carbonyl (C=O) groups excluding carboxylic acids is 1. The third-order valence-electron chi connectivity index (χ3n) is 4.50. The van der Waals surface area contributed by atoms with Gasteiger partial charge in [-0.05, 0) is 44.6 Å². The summed E-state index contributed by atoms with van der Waals surface area (Å²) in [6.07, 6.45) is 4.22. The molecule has 2 rings (SSSR count). The standard InChI is InChI=1S/C19H28N2O4/c1-14(17-9-5-6-12-25-17)20-19(24)21-16(10-11-18(22)23)13-15-7-3-2-4-8-15/h2-4,7-8,14,16-17H,5-6,9-13H2,1H3,(H,22,23)(H2,20,21,24). The minimum absolute atomic E-state index is 0.0269. The maximum absolute atomic E-state index is 12.3. The fraction of sp³-hybridized carbons (Fsp3) is 0.579. The monoisotopic (exact) mass is 348 g/mol. The molecule has 3 atom stereocenters. The molecule has 1 aliphatic rings. The van der Waals surface area contributed by atoms with Crippen LogP contribution in [0, 0.1) is 0 Å². The quantitative estimate of drug-likeness (QED) is 0.674. The zero-order chi connectivity index (χ0) is 18.1. The van der Waals surface area contributed by atoms with Crippen molar-refractivity contribution in [2.75, 3.05) is 6.61 Å². The topological polar surface area (TPSA) is 87.7 Å². The van der Waals surface area contributed by atoms with Crippen LogP contribution in [0.25, 0.3) is 0 Å². The van der Waals surface area contributed by atoms with Crippen molar-refractivity contribution in [2.45, 2.75) is 63.6 Å². The van der Waals surface area contributed by atoms with E-state index < -0.39 is 5.97 Å². The van der Waals surface area contributed by atoms with Crippen LogP contribution in [0.2, 0.25) is 0 Å². The summed E-state index contributed by atoms with van der Waals surface area (Å²) in [5, 5.41) is 14.8. The molecule has 6 heteroatoms. The number of urea groups is 1. The van der Waals surface area contributed by atoms with Crippen LogP contribution in [0.4, 0.5) is 4.79 Å². The molecule has 0 aliphatic carbocycles. The van der Waals surface area contributed by atoms with Crippen molar-refractivity contribution in [3.63, 3.8) is 0 Å². The fourth-order valence-corrected chi connectivity index (χ4v) is 3.11. The Morgan fingerprint density at radius 2 is 2.00 bits per heavy atom. The largest absolute Gasteiger partial charge is 0.481 e. The van der Waals surface area contributed by atoms with Crippen molar-refractivity contribution >= 4 is 12.0 Å². The number of benzene rings is 1. The highest BCUT2D eigenvalue weighted by molar-refractivity contribution is 5.74. The Bertz CT molecular complexity index is 544. The summed E-state index contributed by atoms with van der Waals surface area (Å²) in [6.45, 7) is 2.69. The molecule has 25 heavy (non-hydrogen) atoms. The van der Waals surface area contributed by atoms with Gasteiger partial charge in [-0.15, -0.1) is 0 Å². The second-order valence-electron chi connectivity index (χ2n) is 6.63. The van der Waals surface area contributed by atoms with Crippen LogP contribution in [0.5, 0.6) is 0 Å². The average Bonchev–Trinajstić information content (AvgIpc) is 2.61.